The first kappa shape index (κ1) is 28.4. The van der Waals surface area contributed by atoms with Crippen molar-refractivity contribution in [1.82, 2.24) is 33.4 Å². The summed E-state index contributed by atoms with van der Waals surface area (Å²) in [5.74, 6) is 0.677. The monoisotopic (exact) mass is 556 g/mol. The molecule has 206 valence electrons. The topological polar surface area (TPSA) is 106 Å². The Kier molecular flexibility index (Phi) is 8.67. The van der Waals surface area contributed by atoms with Gasteiger partial charge in [-0.2, -0.15) is 9.47 Å². The minimum Gasteiger partial charge on any atom is -0.394 e. The molecule has 0 aliphatic carbocycles. The van der Waals surface area contributed by atoms with E-state index in [0.29, 0.717) is 19.1 Å². The van der Waals surface area contributed by atoms with Gasteiger partial charge in [-0.15, -0.1) is 0 Å². The second kappa shape index (κ2) is 11.6. The number of rotatable bonds is 13. The highest BCUT2D eigenvalue weighted by molar-refractivity contribution is 7.10. The average Bonchev–Trinajstić information content (AvgIpc) is 3.59. The number of hydrogen-bond donors (Lipinski definition) is 2. The fourth-order valence-corrected chi connectivity index (χ4v) is 5.53. The smallest absolute Gasteiger partial charge is 0.180 e. The van der Waals surface area contributed by atoms with Gasteiger partial charge >= 0.3 is 0 Å². The Morgan fingerprint density at radius 1 is 1.21 bits per heavy atom. The number of likely N-dealkylation sites (N-methyl/N-ethyl adjacent to an activating group) is 1. The molecule has 38 heavy (non-hydrogen) atoms. The fourth-order valence-electron chi connectivity index (χ4n) is 4.12. The quantitative estimate of drug-likeness (QED) is 0.175. The van der Waals surface area contributed by atoms with Gasteiger partial charge in [0.05, 0.1) is 36.1 Å². The van der Waals surface area contributed by atoms with Crippen LogP contribution in [0.2, 0.25) is 25.7 Å². The maximum absolute atomic E-state index is 9.76. The molecule has 0 aromatic carbocycles. The first-order chi connectivity index (χ1) is 18.0. The Balaban J connectivity index is 1.49. The lowest BCUT2D eigenvalue weighted by atomic mass is 10.0. The van der Waals surface area contributed by atoms with Crippen LogP contribution in [0.1, 0.15) is 32.2 Å². The molecular weight excluding hydrogens is 516 g/mol. The zero-order chi connectivity index (χ0) is 27.5. The van der Waals surface area contributed by atoms with Crippen molar-refractivity contribution in [3.05, 3.63) is 42.2 Å². The van der Waals surface area contributed by atoms with Crippen molar-refractivity contribution in [2.45, 2.75) is 72.2 Å². The van der Waals surface area contributed by atoms with E-state index >= 15 is 0 Å². The van der Waals surface area contributed by atoms with Crippen molar-refractivity contribution in [3.8, 4) is 11.3 Å². The molecule has 0 aliphatic rings. The zero-order valence-electron chi connectivity index (χ0n) is 23.5. The number of aromatic nitrogens is 6. The van der Waals surface area contributed by atoms with Crippen LogP contribution in [0.15, 0.2) is 30.9 Å². The largest absolute Gasteiger partial charge is 0.394 e. The average molecular weight is 557 g/mol. The van der Waals surface area contributed by atoms with Crippen LogP contribution in [0, 0.1) is 6.92 Å². The lowest BCUT2D eigenvalue weighted by Gasteiger charge is -2.35. The molecule has 0 atom stereocenters. The molecule has 0 spiro atoms. The molecule has 0 aliphatic heterocycles. The molecular formula is C26H40N8O2SSi. The molecule has 4 aromatic rings. The van der Waals surface area contributed by atoms with E-state index in [0.717, 1.165) is 52.5 Å². The summed E-state index contributed by atoms with van der Waals surface area (Å²) in [7, 11) is -1.11. The van der Waals surface area contributed by atoms with E-state index in [1.54, 1.807) is 0 Å². The van der Waals surface area contributed by atoms with Gasteiger partial charge in [0, 0.05) is 44.7 Å². The van der Waals surface area contributed by atoms with Crippen LogP contribution in [0.3, 0.4) is 0 Å². The maximum atomic E-state index is 9.76. The van der Waals surface area contributed by atoms with Gasteiger partial charge in [-0.3, -0.25) is 9.30 Å². The highest BCUT2D eigenvalue weighted by atomic mass is 32.1. The number of ether oxygens (including phenoxy) is 1. The minimum atomic E-state index is -1.11. The third-order valence-electron chi connectivity index (χ3n) is 6.54. The number of fused-ring (bicyclic) bond motifs is 1. The summed E-state index contributed by atoms with van der Waals surface area (Å²) in [4.78, 5) is 11.6. The Morgan fingerprint density at radius 2 is 2.00 bits per heavy atom. The molecule has 4 heterocycles. The van der Waals surface area contributed by atoms with Gasteiger partial charge in [-0.25, -0.2) is 14.6 Å². The van der Waals surface area contributed by atoms with E-state index in [9.17, 15) is 5.11 Å². The number of aliphatic hydroxyl groups excluding tert-OH is 1. The van der Waals surface area contributed by atoms with Crippen LogP contribution < -0.4 is 5.32 Å². The fraction of sp³-hybridized carbons (Fsp3) is 0.538. The predicted octanol–water partition coefficient (Wildman–Crippen LogP) is 5.01. The summed E-state index contributed by atoms with van der Waals surface area (Å²) in [6.07, 6.45) is 7.67. The molecule has 0 amide bonds. The molecule has 10 nitrogen and oxygen atoms in total. The van der Waals surface area contributed by atoms with Gasteiger partial charge < -0.3 is 15.2 Å². The van der Waals surface area contributed by atoms with Gasteiger partial charge in [0.2, 0.25) is 0 Å². The van der Waals surface area contributed by atoms with Crippen LogP contribution >= 0.6 is 11.5 Å². The summed E-state index contributed by atoms with van der Waals surface area (Å²) in [6.45, 7) is 18.0. The van der Waals surface area contributed by atoms with E-state index in [1.165, 1.54) is 11.5 Å². The van der Waals surface area contributed by atoms with Crippen molar-refractivity contribution >= 4 is 36.1 Å². The van der Waals surface area contributed by atoms with Crippen LogP contribution in [-0.2, 0) is 18.0 Å². The maximum Gasteiger partial charge on any atom is 0.180 e. The van der Waals surface area contributed by atoms with Crippen LogP contribution in [0.25, 0.3) is 16.9 Å². The molecule has 0 fully saturated rings. The van der Waals surface area contributed by atoms with E-state index < -0.39 is 8.07 Å². The second-order valence-corrected chi connectivity index (χ2v) is 17.9. The van der Waals surface area contributed by atoms with E-state index in [2.05, 4.69) is 51.2 Å². The van der Waals surface area contributed by atoms with Gasteiger partial charge in [-0.05, 0) is 51.0 Å². The van der Waals surface area contributed by atoms with Crippen molar-refractivity contribution < 1.29 is 9.84 Å². The number of aryl methyl sites for hydroxylation is 1. The molecule has 0 bridgehead atoms. The standard InChI is InChI=1S/C26H40N8O2SSi/c1-8-32(26(3,4)17-35)16-21-11-23(37-31-21)30-24-25-27-13-22(34(25)14-19(2)29-24)20-12-28-33(15-20)18-36-9-10-38(5,6)7/h11-15,35H,8-10,16-18H2,1-7H3,(H,29,30). The third-order valence-corrected chi connectivity index (χ3v) is 8.99. The second-order valence-electron chi connectivity index (χ2n) is 11.5. The first-order valence-electron chi connectivity index (χ1n) is 13.0. The van der Waals surface area contributed by atoms with Crippen LogP contribution in [0.4, 0.5) is 10.8 Å². The normalized spacial score (nSPS) is 12.7. The highest BCUT2D eigenvalue weighted by Gasteiger charge is 2.25. The number of anilines is 2. The van der Waals surface area contributed by atoms with Crippen molar-refractivity contribution in [2.75, 3.05) is 25.1 Å². The Morgan fingerprint density at radius 3 is 2.71 bits per heavy atom. The molecule has 0 saturated carbocycles. The predicted molar refractivity (Wildman–Crippen MR) is 156 cm³/mol. The summed E-state index contributed by atoms with van der Waals surface area (Å²) in [5, 5.41) is 18.6. The molecule has 4 aromatic heterocycles. The summed E-state index contributed by atoms with van der Waals surface area (Å²) in [5.41, 5.74) is 4.15. The molecule has 4 rings (SSSR count). The van der Waals surface area contributed by atoms with E-state index in [-0.39, 0.29) is 12.1 Å². The van der Waals surface area contributed by atoms with Crippen molar-refractivity contribution in [3.63, 3.8) is 0 Å². The molecule has 0 radical (unpaired) electrons. The van der Waals surface area contributed by atoms with E-state index in [4.69, 9.17) is 9.72 Å². The Hall–Kier alpha value is -2.64. The van der Waals surface area contributed by atoms with Gasteiger partial charge in [0.25, 0.3) is 0 Å². The number of imidazole rings is 1. The SMILES string of the molecule is CCN(Cc1cc(Nc2nc(C)cn3c(-c4cnn(COCC[Si](C)(C)C)c4)cnc23)sn1)C(C)(C)CO. The van der Waals surface area contributed by atoms with Gasteiger partial charge in [0.1, 0.15) is 11.7 Å². The van der Waals surface area contributed by atoms with Crippen LogP contribution in [0.5, 0.6) is 0 Å². The molecule has 2 N–H and O–H groups in total. The number of hydrogen-bond acceptors (Lipinski definition) is 9. The van der Waals surface area contributed by atoms with Crippen molar-refractivity contribution in [1.29, 1.82) is 0 Å². The third kappa shape index (κ3) is 6.86. The lowest BCUT2D eigenvalue weighted by molar-refractivity contribution is 0.0544. The van der Waals surface area contributed by atoms with Gasteiger partial charge in [0.15, 0.2) is 11.5 Å². The Bertz CT molecular complexity index is 1360. The van der Waals surface area contributed by atoms with Gasteiger partial charge in [-0.1, -0.05) is 26.6 Å². The first-order valence-corrected chi connectivity index (χ1v) is 17.5. The van der Waals surface area contributed by atoms with E-state index in [1.807, 2.05) is 60.7 Å². The highest BCUT2D eigenvalue weighted by Crippen LogP contribution is 2.28. The molecule has 12 heteroatoms. The summed E-state index contributed by atoms with van der Waals surface area (Å²) in [6, 6.07) is 3.17. The molecule has 0 unspecified atom stereocenters. The number of nitrogens with zero attached hydrogens (tertiary/aromatic N) is 7. The molecule has 0 saturated heterocycles. The zero-order valence-corrected chi connectivity index (χ0v) is 25.3. The summed E-state index contributed by atoms with van der Waals surface area (Å²) >= 11 is 1.39. The Labute approximate surface area is 229 Å². The minimum absolute atomic E-state index is 0.0913. The number of nitrogens with one attached hydrogen (secondary N) is 1. The lowest BCUT2D eigenvalue weighted by Crippen LogP contribution is -2.46. The number of aliphatic hydroxyl groups is 1. The summed E-state index contributed by atoms with van der Waals surface area (Å²) < 4.78 is 14.3. The van der Waals surface area contributed by atoms with Crippen molar-refractivity contribution in [2.24, 2.45) is 0 Å². The van der Waals surface area contributed by atoms with Crippen LogP contribution in [-0.4, -0.2) is 71.9 Å².